The number of aryl methyl sites for hydroxylation is 1. The lowest BCUT2D eigenvalue weighted by Gasteiger charge is -2.46. The fraction of sp³-hybridized carbons (Fsp3) is 0.467. The number of guanidine groups is 2. The third-order valence-electron chi connectivity index (χ3n) is 4.52. The Kier molecular flexibility index (Phi) is 4.20. The molecule has 3 rings (SSSR count). The molecule has 0 amide bonds. The Hall–Kier alpha value is -2.16. The van der Waals surface area contributed by atoms with Crippen LogP contribution in [0.25, 0.3) is 0 Å². The summed E-state index contributed by atoms with van der Waals surface area (Å²) in [6, 6.07) is 3.01. The number of hydrogen-bond donors (Lipinski definition) is 2. The van der Waals surface area contributed by atoms with Gasteiger partial charge in [-0.15, -0.1) is 0 Å². The number of aliphatic imine (C=N–C) groups is 2. The van der Waals surface area contributed by atoms with Crippen LogP contribution in [0, 0.1) is 17.0 Å². The fourth-order valence-electron chi connectivity index (χ4n) is 3.55. The van der Waals surface area contributed by atoms with Crippen LogP contribution in [-0.2, 0) is 0 Å². The van der Waals surface area contributed by atoms with E-state index in [1.165, 1.54) is 12.1 Å². The third kappa shape index (κ3) is 2.72. The average molecular weight is 395 g/mol. The maximum Gasteiger partial charge on any atom is 0.270 e. The van der Waals surface area contributed by atoms with Gasteiger partial charge < -0.3 is 11.5 Å². The van der Waals surface area contributed by atoms with Crippen LogP contribution in [0.5, 0.6) is 0 Å². The summed E-state index contributed by atoms with van der Waals surface area (Å²) in [5.41, 5.74) is 13.0. The summed E-state index contributed by atoms with van der Waals surface area (Å²) < 4.78 is 0.591. The zero-order valence-electron chi connectivity index (χ0n) is 13.3. The minimum Gasteiger partial charge on any atom is -0.369 e. The Balaban J connectivity index is 2.16. The molecule has 1 spiro atoms. The molecule has 0 atom stereocenters. The van der Waals surface area contributed by atoms with Crippen LogP contribution < -0.4 is 16.4 Å². The summed E-state index contributed by atoms with van der Waals surface area (Å²) >= 11 is 3.46. The Morgan fingerprint density at radius 3 is 2.54 bits per heavy atom. The lowest BCUT2D eigenvalue weighted by molar-refractivity contribution is -0.385. The van der Waals surface area contributed by atoms with Crippen LogP contribution in [0.2, 0.25) is 0 Å². The topological polar surface area (TPSA) is 123 Å². The number of nitrogens with two attached hydrogens (primary N) is 2. The number of rotatable bonds is 2. The summed E-state index contributed by atoms with van der Waals surface area (Å²) in [7, 11) is 0. The zero-order chi connectivity index (χ0) is 17.5. The summed E-state index contributed by atoms with van der Waals surface area (Å²) in [5, 5.41) is 11.1. The van der Waals surface area contributed by atoms with E-state index in [1.54, 1.807) is 0 Å². The molecule has 0 aromatic heterocycles. The number of nitrogens with zero attached hydrogens (tertiary/aromatic N) is 4. The molecule has 1 aromatic rings. The molecule has 0 saturated heterocycles. The van der Waals surface area contributed by atoms with Crippen molar-refractivity contribution in [2.75, 3.05) is 4.90 Å². The van der Waals surface area contributed by atoms with Crippen molar-refractivity contribution in [3.05, 3.63) is 32.3 Å². The van der Waals surface area contributed by atoms with Crippen LogP contribution in [0.15, 0.2) is 26.6 Å². The monoisotopic (exact) mass is 394 g/mol. The van der Waals surface area contributed by atoms with Gasteiger partial charge in [-0.1, -0.05) is 6.42 Å². The first-order valence-electron chi connectivity index (χ1n) is 7.78. The molecule has 128 valence electrons. The third-order valence-corrected chi connectivity index (χ3v) is 5.13. The van der Waals surface area contributed by atoms with Gasteiger partial charge in [-0.05, 0) is 54.1 Å². The molecule has 9 heteroatoms. The number of halogens is 1. The van der Waals surface area contributed by atoms with E-state index in [0.717, 1.165) is 43.4 Å². The van der Waals surface area contributed by atoms with Gasteiger partial charge in [0.05, 0.1) is 10.6 Å². The number of nitro benzene ring substituents is 1. The van der Waals surface area contributed by atoms with E-state index in [9.17, 15) is 10.1 Å². The van der Waals surface area contributed by atoms with E-state index in [2.05, 4.69) is 25.9 Å². The minimum absolute atomic E-state index is 0.0244. The van der Waals surface area contributed by atoms with Crippen molar-refractivity contribution in [2.45, 2.75) is 44.7 Å². The maximum atomic E-state index is 11.1. The van der Waals surface area contributed by atoms with Gasteiger partial charge >= 0.3 is 0 Å². The lowest BCUT2D eigenvalue weighted by atomic mass is 9.87. The molecule has 1 aliphatic carbocycles. The van der Waals surface area contributed by atoms with E-state index in [-0.39, 0.29) is 17.6 Å². The number of benzene rings is 1. The second-order valence-electron chi connectivity index (χ2n) is 6.17. The number of hydrogen-bond acceptors (Lipinski definition) is 7. The van der Waals surface area contributed by atoms with Gasteiger partial charge in [0.1, 0.15) is 5.66 Å². The predicted octanol–water partition coefficient (Wildman–Crippen LogP) is 2.78. The fourth-order valence-corrected chi connectivity index (χ4v) is 4.28. The number of non-ortho nitro benzene ring substituents is 1. The van der Waals surface area contributed by atoms with Gasteiger partial charge in [0, 0.05) is 16.6 Å². The van der Waals surface area contributed by atoms with Crippen molar-refractivity contribution in [1.82, 2.24) is 0 Å². The molecule has 24 heavy (non-hydrogen) atoms. The maximum absolute atomic E-state index is 11.1. The Morgan fingerprint density at radius 2 is 1.96 bits per heavy atom. The highest BCUT2D eigenvalue weighted by atomic mass is 79.9. The molecule has 4 N–H and O–H groups in total. The highest BCUT2D eigenvalue weighted by Gasteiger charge is 2.43. The van der Waals surface area contributed by atoms with Crippen LogP contribution in [0.1, 0.15) is 37.7 Å². The molecule has 0 bridgehead atoms. The van der Waals surface area contributed by atoms with Gasteiger partial charge in [-0.3, -0.25) is 15.0 Å². The number of anilines is 1. The molecule has 0 radical (unpaired) electrons. The SMILES string of the molecule is Cc1cc([N+](=O)[O-])cc(Br)c1N1C(N)=NC(N)=NC12CCCCC2. The van der Waals surface area contributed by atoms with Gasteiger partial charge in [0.15, 0.2) is 0 Å². The highest BCUT2D eigenvalue weighted by molar-refractivity contribution is 9.10. The van der Waals surface area contributed by atoms with Crippen LogP contribution in [-0.4, -0.2) is 22.5 Å². The summed E-state index contributed by atoms with van der Waals surface area (Å²) in [5.74, 6) is 0.448. The zero-order valence-corrected chi connectivity index (χ0v) is 14.9. The first kappa shape index (κ1) is 16.7. The second-order valence-corrected chi connectivity index (χ2v) is 7.02. The first-order valence-corrected chi connectivity index (χ1v) is 8.58. The standard InChI is InChI=1S/C15H19BrN6O2/c1-9-7-10(22(23)24)8-11(16)12(9)21-14(18)19-13(17)20-15(21)5-3-2-4-6-15/h7-8H,2-6H2,1H3,(H4,17,18,19,20). The second kappa shape index (κ2) is 6.04. The Labute approximate surface area is 147 Å². The largest absolute Gasteiger partial charge is 0.369 e. The molecule has 1 aromatic carbocycles. The van der Waals surface area contributed by atoms with E-state index in [0.29, 0.717) is 4.47 Å². The highest BCUT2D eigenvalue weighted by Crippen LogP contribution is 2.44. The lowest BCUT2D eigenvalue weighted by Crippen LogP contribution is -2.58. The van der Waals surface area contributed by atoms with Crippen molar-refractivity contribution in [3.8, 4) is 0 Å². The van der Waals surface area contributed by atoms with Crippen molar-refractivity contribution in [3.63, 3.8) is 0 Å². The number of nitro groups is 1. The Bertz CT molecular complexity index is 731. The summed E-state index contributed by atoms with van der Waals surface area (Å²) in [6.45, 7) is 1.82. The van der Waals surface area contributed by atoms with Crippen molar-refractivity contribution in [1.29, 1.82) is 0 Å². The normalized spacial score (nSPS) is 19.8. The van der Waals surface area contributed by atoms with Gasteiger partial charge in [-0.2, -0.15) is 4.99 Å². The van der Waals surface area contributed by atoms with Crippen molar-refractivity contribution < 1.29 is 4.92 Å². The minimum atomic E-state index is -0.572. The van der Waals surface area contributed by atoms with Crippen LogP contribution in [0.3, 0.4) is 0 Å². The molecule has 1 heterocycles. The molecular formula is C15H19BrN6O2. The quantitative estimate of drug-likeness (QED) is 0.589. The predicted molar refractivity (Wildman–Crippen MR) is 97.1 cm³/mol. The smallest absolute Gasteiger partial charge is 0.270 e. The molecule has 0 unspecified atom stereocenters. The van der Waals surface area contributed by atoms with Crippen molar-refractivity contribution >= 4 is 39.2 Å². The summed E-state index contributed by atoms with van der Waals surface area (Å²) in [4.78, 5) is 21.3. The first-order chi connectivity index (χ1) is 11.3. The van der Waals surface area contributed by atoms with Crippen LogP contribution >= 0.6 is 15.9 Å². The van der Waals surface area contributed by atoms with E-state index in [4.69, 9.17) is 11.5 Å². The van der Waals surface area contributed by atoms with Gasteiger partial charge in [-0.25, -0.2) is 4.99 Å². The van der Waals surface area contributed by atoms with Crippen molar-refractivity contribution in [2.24, 2.45) is 21.5 Å². The summed E-state index contributed by atoms with van der Waals surface area (Å²) in [6.07, 6.45) is 4.80. The van der Waals surface area contributed by atoms with Gasteiger partial charge in [0.2, 0.25) is 11.9 Å². The molecule has 1 fully saturated rings. The molecule has 8 nitrogen and oxygen atoms in total. The van der Waals surface area contributed by atoms with E-state index >= 15 is 0 Å². The molecular weight excluding hydrogens is 376 g/mol. The van der Waals surface area contributed by atoms with Gasteiger partial charge in [0.25, 0.3) is 5.69 Å². The average Bonchev–Trinajstić information content (AvgIpc) is 2.49. The van der Waals surface area contributed by atoms with E-state index in [1.807, 2.05) is 11.8 Å². The molecule has 2 aliphatic rings. The molecule has 1 aliphatic heterocycles. The Morgan fingerprint density at radius 1 is 1.29 bits per heavy atom. The molecule has 1 saturated carbocycles. The van der Waals surface area contributed by atoms with Crippen LogP contribution in [0.4, 0.5) is 11.4 Å². The van der Waals surface area contributed by atoms with E-state index < -0.39 is 10.6 Å².